The Balaban J connectivity index is 3.83. The van der Waals surface area contributed by atoms with Crippen LogP contribution in [0.5, 0.6) is 0 Å². The number of esters is 5. The van der Waals surface area contributed by atoms with Crippen molar-refractivity contribution in [2.75, 3.05) is 13.7 Å². The van der Waals surface area contributed by atoms with Crippen LogP contribution in [0.4, 0.5) is 0 Å². The van der Waals surface area contributed by atoms with Crippen molar-refractivity contribution in [1.29, 1.82) is 0 Å². The van der Waals surface area contributed by atoms with Gasteiger partial charge in [0.15, 0.2) is 17.3 Å². The topological polar surface area (TPSA) is 187 Å². The van der Waals surface area contributed by atoms with Crippen LogP contribution in [-0.2, 0) is 62.0 Å². The van der Waals surface area contributed by atoms with Gasteiger partial charge >= 0.3 is 29.8 Å². The number of hydrogen-bond donors (Lipinski definition) is 1. The number of nitrogens with one attached hydrogen (secondary N) is 1. The van der Waals surface area contributed by atoms with Gasteiger partial charge in [-0.05, 0) is 11.8 Å². The molecule has 1 fully saturated rings. The molecule has 1 amide bonds. The standard InChI is InChI=1S/C22H31NO13S/c1-10(24)23-18-16(33-12(3)26)8-22(21(30)31-7,37-15(6)29)36-20(18)19(35-14(5)28)17(34-13(4)27)9-32-11(2)25/h16-20H,8-9H2,1-7H3,(H,23,24)/t16-,17+,18+,19+,20+,22+/m0/s1. The van der Waals surface area contributed by atoms with E-state index >= 15 is 0 Å². The van der Waals surface area contributed by atoms with Gasteiger partial charge in [-0.25, -0.2) is 4.79 Å². The van der Waals surface area contributed by atoms with Gasteiger partial charge < -0.3 is 33.7 Å². The van der Waals surface area contributed by atoms with E-state index in [1.165, 1.54) is 0 Å². The number of ether oxygens (including phenoxy) is 6. The summed E-state index contributed by atoms with van der Waals surface area (Å²) in [6.45, 7) is 5.94. The normalized spacial score (nSPS) is 24.5. The first-order chi connectivity index (χ1) is 17.1. The van der Waals surface area contributed by atoms with Crippen LogP contribution >= 0.6 is 11.8 Å². The molecular formula is C22H31NO13S. The van der Waals surface area contributed by atoms with Gasteiger partial charge in [0.2, 0.25) is 10.8 Å². The molecule has 0 aromatic rings. The van der Waals surface area contributed by atoms with Gasteiger partial charge in [0.25, 0.3) is 0 Å². The molecule has 1 heterocycles. The highest BCUT2D eigenvalue weighted by molar-refractivity contribution is 8.15. The van der Waals surface area contributed by atoms with Crippen LogP contribution in [0.15, 0.2) is 0 Å². The first-order valence-corrected chi connectivity index (χ1v) is 11.8. The summed E-state index contributed by atoms with van der Waals surface area (Å²) in [5.74, 6) is -4.96. The van der Waals surface area contributed by atoms with E-state index in [9.17, 15) is 33.6 Å². The van der Waals surface area contributed by atoms with Gasteiger partial charge in [-0.2, -0.15) is 0 Å². The van der Waals surface area contributed by atoms with E-state index in [4.69, 9.17) is 28.4 Å². The minimum Gasteiger partial charge on any atom is -0.466 e. The number of hydrogen-bond acceptors (Lipinski definition) is 14. The summed E-state index contributed by atoms with van der Waals surface area (Å²) in [4.78, 5) is 82.4. The van der Waals surface area contributed by atoms with E-state index in [0.29, 0.717) is 11.8 Å². The molecule has 0 aromatic heterocycles. The summed E-state index contributed by atoms with van der Waals surface area (Å²) < 4.78 is 31.9. The number of thioether (sulfide) groups is 1. The van der Waals surface area contributed by atoms with E-state index in [2.05, 4.69) is 5.32 Å². The smallest absolute Gasteiger partial charge is 0.349 e. The van der Waals surface area contributed by atoms with Crippen molar-refractivity contribution in [2.24, 2.45) is 0 Å². The lowest BCUT2D eigenvalue weighted by Gasteiger charge is -2.48. The molecule has 37 heavy (non-hydrogen) atoms. The molecule has 15 heteroatoms. The van der Waals surface area contributed by atoms with E-state index in [-0.39, 0.29) is 0 Å². The lowest BCUT2D eigenvalue weighted by atomic mass is 9.89. The maximum absolute atomic E-state index is 12.9. The van der Waals surface area contributed by atoms with Gasteiger partial charge in [-0.1, -0.05) is 0 Å². The van der Waals surface area contributed by atoms with Crippen LogP contribution in [0.25, 0.3) is 0 Å². The maximum Gasteiger partial charge on any atom is 0.349 e. The molecule has 0 radical (unpaired) electrons. The van der Waals surface area contributed by atoms with Gasteiger partial charge in [0.1, 0.15) is 18.8 Å². The molecule has 0 aliphatic carbocycles. The van der Waals surface area contributed by atoms with Crippen molar-refractivity contribution in [3.05, 3.63) is 0 Å². The summed E-state index contributed by atoms with van der Waals surface area (Å²) >= 11 is 0.418. The highest BCUT2D eigenvalue weighted by atomic mass is 32.2. The molecule has 0 unspecified atom stereocenters. The molecule has 1 aliphatic heterocycles. The SMILES string of the molecule is COC(=O)[C@]1(SC(C)=O)C[C@H](OC(C)=O)[C@@H](NC(C)=O)[C@H]([C@H](OC(C)=O)[C@@H](COC(C)=O)OC(C)=O)O1. The van der Waals surface area contributed by atoms with Crippen molar-refractivity contribution in [1.82, 2.24) is 5.32 Å². The second kappa shape index (κ2) is 13.9. The third-order valence-electron chi connectivity index (χ3n) is 4.80. The van der Waals surface area contributed by atoms with Crippen molar-refractivity contribution >= 4 is 52.6 Å². The molecule has 1 rings (SSSR count). The zero-order valence-corrected chi connectivity index (χ0v) is 22.3. The quantitative estimate of drug-likeness (QED) is 0.278. The summed E-state index contributed by atoms with van der Waals surface area (Å²) in [7, 11) is 1.04. The zero-order chi connectivity index (χ0) is 28.5. The van der Waals surface area contributed by atoms with E-state index in [0.717, 1.165) is 48.7 Å². The molecule has 208 valence electrons. The van der Waals surface area contributed by atoms with Crippen LogP contribution in [0, 0.1) is 0 Å². The Bertz CT molecular complexity index is 922. The minimum absolute atomic E-state index is 0.418. The third-order valence-corrected chi connectivity index (χ3v) is 5.85. The fourth-order valence-electron chi connectivity index (χ4n) is 3.74. The van der Waals surface area contributed by atoms with Crippen LogP contribution in [0.2, 0.25) is 0 Å². The molecular weight excluding hydrogens is 518 g/mol. The Labute approximate surface area is 217 Å². The Hall–Kier alpha value is -3.20. The minimum atomic E-state index is -2.12. The first kappa shape index (κ1) is 31.8. The second-order valence-corrected chi connectivity index (χ2v) is 9.46. The van der Waals surface area contributed by atoms with Crippen molar-refractivity contribution in [2.45, 2.75) is 83.4 Å². The van der Waals surface area contributed by atoms with Crippen molar-refractivity contribution in [3.8, 4) is 0 Å². The Morgan fingerprint density at radius 2 is 1.51 bits per heavy atom. The molecule has 0 bridgehead atoms. The molecule has 6 atom stereocenters. The Morgan fingerprint density at radius 3 is 1.95 bits per heavy atom. The largest absolute Gasteiger partial charge is 0.466 e. The fraction of sp³-hybridized carbons (Fsp3) is 0.682. The second-order valence-electron chi connectivity index (χ2n) is 8.02. The van der Waals surface area contributed by atoms with Crippen LogP contribution in [-0.4, -0.2) is 90.0 Å². The predicted molar refractivity (Wildman–Crippen MR) is 123 cm³/mol. The van der Waals surface area contributed by atoms with Crippen LogP contribution in [0.3, 0.4) is 0 Å². The molecule has 1 aliphatic rings. The first-order valence-electron chi connectivity index (χ1n) is 11.0. The average molecular weight is 550 g/mol. The monoisotopic (exact) mass is 549 g/mol. The highest BCUT2D eigenvalue weighted by Crippen LogP contribution is 2.43. The number of amides is 1. The van der Waals surface area contributed by atoms with Gasteiger partial charge in [0.05, 0.1) is 13.2 Å². The lowest BCUT2D eigenvalue weighted by molar-refractivity contribution is -0.224. The third kappa shape index (κ3) is 9.64. The van der Waals surface area contributed by atoms with Crippen LogP contribution < -0.4 is 5.32 Å². The van der Waals surface area contributed by atoms with Gasteiger partial charge in [0, 0.05) is 48.0 Å². The Kier molecular flexibility index (Phi) is 12.0. The summed E-state index contributed by atoms with van der Waals surface area (Å²) in [6.07, 6.45) is -6.47. The Morgan fingerprint density at radius 1 is 0.919 bits per heavy atom. The maximum atomic E-state index is 12.9. The molecule has 0 spiro atoms. The van der Waals surface area contributed by atoms with Crippen molar-refractivity contribution in [3.63, 3.8) is 0 Å². The molecule has 0 saturated carbocycles. The van der Waals surface area contributed by atoms with Crippen LogP contribution in [0.1, 0.15) is 48.0 Å². The number of carbonyl (C=O) groups is 7. The number of carbonyl (C=O) groups excluding carboxylic acids is 7. The summed E-state index contributed by atoms with van der Waals surface area (Å²) in [5.41, 5.74) is 0. The van der Waals surface area contributed by atoms with Gasteiger partial charge in [-0.15, -0.1) is 0 Å². The predicted octanol–water partition coefficient (Wildman–Crippen LogP) is -0.213. The van der Waals surface area contributed by atoms with E-state index in [1.807, 2.05) is 0 Å². The van der Waals surface area contributed by atoms with E-state index in [1.54, 1.807) is 0 Å². The lowest BCUT2D eigenvalue weighted by Crippen LogP contribution is -2.68. The molecule has 1 saturated heterocycles. The molecule has 0 aromatic carbocycles. The number of methoxy groups -OCH3 is 1. The fourth-order valence-corrected chi connectivity index (χ4v) is 4.77. The van der Waals surface area contributed by atoms with Crippen molar-refractivity contribution < 1.29 is 62.0 Å². The summed E-state index contributed by atoms with van der Waals surface area (Å²) in [6, 6.07) is -1.29. The summed E-state index contributed by atoms with van der Waals surface area (Å²) in [5, 5.41) is 1.96. The molecule has 14 nitrogen and oxygen atoms in total. The van der Waals surface area contributed by atoms with Gasteiger partial charge in [-0.3, -0.25) is 28.8 Å². The highest BCUT2D eigenvalue weighted by Gasteiger charge is 2.59. The molecule has 1 N–H and O–H groups in total. The average Bonchev–Trinajstić information content (AvgIpc) is 2.74. The van der Waals surface area contributed by atoms with E-state index < -0.39 is 89.3 Å². The number of rotatable bonds is 10. The zero-order valence-electron chi connectivity index (χ0n) is 21.5.